The Bertz CT molecular complexity index is 689. The van der Waals surface area contributed by atoms with E-state index < -0.39 is 10.0 Å². The van der Waals surface area contributed by atoms with E-state index in [4.69, 9.17) is 4.42 Å². The third kappa shape index (κ3) is 3.52. The zero-order valence-electron chi connectivity index (χ0n) is 12.4. The lowest BCUT2D eigenvalue weighted by Crippen LogP contribution is -2.25. The van der Waals surface area contributed by atoms with Crippen molar-refractivity contribution in [1.29, 1.82) is 0 Å². The number of hydrogen-bond acceptors (Lipinski definition) is 5. The van der Waals surface area contributed by atoms with Gasteiger partial charge in [0.15, 0.2) is 0 Å². The summed E-state index contributed by atoms with van der Waals surface area (Å²) in [5.41, 5.74) is 1.44. The fourth-order valence-electron chi connectivity index (χ4n) is 2.14. The fourth-order valence-corrected chi connectivity index (χ4v) is 3.60. The number of sulfonamides is 1. The lowest BCUT2D eigenvalue weighted by Gasteiger charge is -2.08. The summed E-state index contributed by atoms with van der Waals surface area (Å²) in [7, 11) is -3.63. The zero-order valence-corrected chi connectivity index (χ0v) is 13.2. The monoisotopic (exact) mass is 312 g/mol. The van der Waals surface area contributed by atoms with Gasteiger partial charge in [-0.25, -0.2) is 13.1 Å². The number of hydrogen-bond donors (Lipinski definition) is 3. The number of nitrogens with zero attached hydrogens (tertiary/aromatic N) is 1. The molecule has 7 nitrogen and oxygen atoms in total. The summed E-state index contributed by atoms with van der Waals surface area (Å²) in [6.07, 6.45) is 3.23. The number of aryl methyl sites for hydroxylation is 2. The van der Waals surface area contributed by atoms with Crippen LogP contribution in [0.5, 0.6) is 0 Å². The molecule has 0 unspecified atom stereocenters. The van der Waals surface area contributed by atoms with E-state index in [-0.39, 0.29) is 11.4 Å². The van der Waals surface area contributed by atoms with E-state index in [2.05, 4.69) is 20.2 Å². The molecule has 2 aromatic rings. The van der Waals surface area contributed by atoms with Crippen LogP contribution >= 0.6 is 0 Å². The summed E-state index contributed by atoms with van der Waals surface area (Å²) >= 11 is 0. The van der Waals surface area contributed by atoms with Gasteiger partial charge in [-0.1, -0.05) is 6.92 Å². The molecular weight excluding hydrogens is 292 g/mol. The highest BCUT2D eigenvalue weighted by atomic mass is 32.2. The molecule has 2 heterocycles. The van der Waals surface area contributed by atoms with Gasteiger partial charge in [-0.15, -0.1) is 0 Å². The van der Waals surface area contributed by atoms with E-state index in [1.165, 1.54) is 0 Å². The Morgan fingerprint density at radius 1 is 1.29 bits per heavy atom. The van der Waals surface area contributed by atoms with Crippen LogP contribution in [0.2, 0.25) is 0 Å². The largest absolute Gasteiger partial charge is 0.465 e. The maximum Gasteiger partial charge on any atom is 0.244 e. The molecule has 3 N–H and O–H groups in total. The van der Waals surface area contributed by atoms with Crippen LogP contribution in [0.1, 0.15) is 29.6 Å². The highest BCUT2D eigenvalue weighted by Gasteiger charge is 2.26. The highest BCUT2D eigenvalue weighted by molar-refractivity contribution is 7.89. The average Bonchev–Trinajstić information content (AvgIpc) is 3.02. The fraction of sp³-hybridized carbons (Fsp3) is 0.462. The Hall–Kier alpha value is -1.64. The lowest BCUT2D eigenvalue weighted by molar-refractivity contribution is 0.493. The molecule has 0 radical (unpaired) electrons. The van der Waals surface area contributed by atoms with Crippen molar-refractivity contribution in [3.05, 3.63) is 35.0 Å². The van der Waals surface area contributed by atoms with Crippen LogP contribution in [0.4, 0.5) is 0 Å². The molecular formula is C13H20N4O3S. The lowest BCUT2D eigenvalue weighted by atomic mass is 10.2. The summed E-state index contributed by atoms with van der Waals surface area (Å²) in [5, 5.41) is 9.57. The highest BCUT2D eigenvalue weighted by Crippen LogP contribution is 2.26. The molecule has 0 amide bonds. The molecule has 0 aliphatic heterocycles. The van der Waals surface area contributed by atoms with Crippen molar-refractivity contribution in [3.63, 3.8) is 0 Å². The summed E-state index contributed by atoms with van der Waals surface area (Å²) in [4.78, 5) is 0.226. The van der Waals surface area contributed by atoms with Crippen LogP contribution < -0.4 is 10.0 Å². The molecule has 21 heavy (non-hydrogen) atoms. The summed E-state index contributed by atoms with van der Waals surface area (Å²) in [6, 6.07) is 0. The number of furan rings is 1. The van der Waals surface area contributed by atoms with Gasteiger partial charge in [0.25, 0.3) is 0 Å². The maximum absolute atomic E-state index is 12.5. The number of nitrogens with one attached hydrogen (secondary N) is 3. The van der Waals surface area contributed by atoms with Gasteiger partial charge in [0, 0.05) is 30.4 Å². The zero-order chi connectivity index (χ0) is 15.5. The number of aromatic amines is 1. The van der Waals surface area contributed by atoms with E-state index in [1.807, 2.05) is 6.92 Å². The van der Waals surface area contributed by atoms with Crippen LogP contribution in [0.3, 0.4) is 0 Å². The van der Waals surface area contributed by atoms with Gasteiger partial charge in [-0.05, 0) is 20.4 Å². The number of rotatable bonds is 7. The van der Waals surface area contributed by atoms with E-state index in [1.54, 1.807) is 26.2 Å². The normalized spacial score (nSPS) is 12.0. The van der Waals surface area contributed by atoms with E-state index >= 15 is 0 Å². The molecule has 0 atom stereocenters. The number of aromatic nitrogens is 2. The van der Waals surface area contributed by atoms with Gasteiger partial charge in [-0.3, -0.25) is 5.10 Å². The number of H-pyrrole nitrogens is 1. The van der Waals surface area contributed by atoms with Crippen LogP contribution in [0, 0.1) is 13.8 Å². The van der Waals surface area contributed by atoms with Gasteiger partial charge in [0.2, 0.25) is 10.0 Å². The Balaban J connectivity index is 2.26. The second kappa shape index (κ2) is 6.42. The van der Waals surface area contributed by atoms with Gasteiger partial charge in [0.05, 0.1) is 6.20 Å². The quantitative estimate of drug-likeness (QED) is 0.713. The first kappa shape index (κ1) is 15.7. The minimum atomic E-state index is -3.63. The van der Waals surface area contributed by atoms with Crippen molar-refractivity contribution in [2.45, 2.75) is 38.8 Å². The van der Waals surface area contributed by atoms with Crippen LogP contribution in [0.15, 0.2) is 21.7 Å². The first-order valence-electron chi connectivity index (χ1n) is 6.72. The summed E-state index contributed by atoms with van der Waals surface area (Å²) in [5.74, 6) is 1.03. The average molecular weight is 312 g/mol. The first-order chi connectivity index (χ1) is 9.95. The van der Waals surface area contributed by atoms with Gasteiger partial charge in [0.1, 0.15) is 16.4 Å². The SMILES string of the molecule is CCNCc1c(C)oc(C)c1S(=O)(=O)NCc1cn[nH]c1. The molecule has 0 fully saturated rings. The van der Waals surface area contributed by atoms with Crippen LogP contribution in [-0.2, 0) is 23.1 Å². The Morgan fingerprint density at radius 2 is 2.05 bits per heavy atom. The molecule has 0 saturated carbocycles. The molecule has 116 valence electrons. The third-order valence-electron chi connectivity index (χ3n) is 3.17. The maximum atomic E-state index is 12.5. The molecule has 0 bridgehead atoms. The molecule has 2 aromatic heterocycles. The molecule has 0 aromatic carbocycles. The molecule has 0 saturated heterocycles. The third-order valence-corrected chi connectivity index (χ3v) is 4.76. The van der Waals surface area contributed by atoms with Gasteiger partial charge in [-0.2, -0.15) is 5.10 Å². The minimum Gasteiger partial charge on any atom is -0.465 e. The second-order valence-corrected chi connectivity index (χ2v) is 6.44. The van der Waals surface area contributed by atoms with Crippen molar-refractivity contribution >= 4 is 10.0 Å². The summed E-state index contributed by atoms with van der Waals surface area (Å²) < 4.78 is 33.1. The first-order valence-corrected chi connectivity index (χ1v) is 8.21. The van der Waals surface area contributed by atoms with Crippen LogP contribution in [-0.4, -0.2) is 25.2 Å². The van der Waals surface area contributed by atoms with Gasteiger partial charge >= 0.3 is 0 Å². The second-order valence-electron chi connectivity index (χ2n) is 4.73. The smallest absolute Gasteiger partial charge is 0.244 e. The molecule has 2 rings (SSSR count). The van der Waals surface area contributed by atoms with Crippen molar-refractivity contribution in [1.82, 2.24) is 20.2 Å². The molecule has 0 spiro atoms. The van der Waals surface area contributed by atoms with E-state index in [9.17, 15) is 8.42 Å². The van der Waals surface area contributed by atoms with Crippen molar-refractivity contribution < 1.29 is 12.8 Å². The van der Waals surface area contributed by atoms with E-state index in [0.29, 0.717) is 23.6 Å². The molecule has 8 heteroatoms. The van der Waals surface area contributed by atoms with Gasteiger partial charge < -0.3 is 9.73 Å². The predicted octanol–water partition coefficient (Wildman–Crippen LogP) is 1.21. The Kier molecular flexibility index (Phi) is 4.81. The van der Waals surface area contributed by atoms with Crippen molar-refractivity contribution in [3.8, 4) is 0 Å². The van der Waals surface area contributed by atoms with Crippen molar-refractivity contribution in [2.24, 2.45) is 0 Å². The summed E-state index contributed by atoms with van der Waals surface area (Å²) in [6.45, 7) is 6.80. The Morgan fingerprint density at radius 3 is 2.67 bits per heavy atom. The molecule has 0 aliphatic carbocycles. The van der Waals surface area contributed by atoms with Crippen LogP contribution in [0.25, 0.3) is 0 Å². The molecule has 0 aliphatic rings. The Labute approximate surface area is 124 Å². The standard InChI is InChI=1S/C13H20N4O3S/c1-4-14-8-12-9(2)20-10(3)13(12)21(18,19)17-7-11-5-15-16-6-11/h5-6,14,17H,4,7-8H2,1-3H3,(H,15,16). The van der Waals surface area contributed by atoms with E-state index in [0.717, 1.165) is 12.1 Å². The van der Waals surface area contributed by atoms with Crippen molar-refractivity contribution in [2.75, 3.05) is 6.54 Å². The predicted molar refractivity (Wildman–Crippen MR) is 78.2 cm³/mol. The topological polar surface area (TPSA) is 100 Å². The minimum absolute atomic E-state index is 0.184.